The minimum atomic E-state index is -4.22. The molecule has 0 aromatic carbocycles. The lowest BCUT2D eigenvalue weighted by Gasteiger charge is -2.39. The molecule has 0 spiro atoms. The average molecular weight is 582 g/mol. The van der Waals surface area contributed by atoms with Gasteiger partial charge in [0.15, 0.2) is 8.32 Å². The second kappa shape index (κ2) is 15.2. The molecular formula is C20H37BN2O11P2Si. The van der Waals surface area contributed by atoms with E-state index in [-0.39, 0.29) is 32.7 Å². The zero-order valence-corrected chi connectivity index (χ0v) is 24.7. The fourth-order valence-electron chi connectivity index (χ4n) is 3.30. The van der Waals surface area contributed by atoms with Gasteiger partial charge in [-0.05, 0) is 24.6 Å². The standard InChI is InChI=1S/C20H37BN2O11P2Si/c1-20(2,37(4,5)27)14-16-18(34-35(25,28-3)29-11-6-8-22)17(33-19(16)21)15-32-36(26,31-13-10-24)30-12-7-9-23/h16-19,24,27H,6-7,10-15H2,1-5H3/t16?,17-,18?,19-,35?,36?/m1/s1. The van der Waals surface area contributed by atoms with Crippen LogP contribution in [-0.4, -0.2) is 84.4 Å². The van der Waals surface area contributed by atoms with Crippen LogP contribution in [0.1, 0.15) is 33.1 Å². The monoisotopic (exact) mass is 582 g/mol. The van der Waals surface area contributed by atoms with E-state index < -0.39 is 66.3 Å². The maximum atomic E-state index is 13.2. The van der Waals surface area contributed by atoms with Crippen molar-refractivity contribution in [2.45, 2.75) is 69.5 Å². The summed E-state index contributed by atoms with van der Waals surface area (Å²) < 4.78 is 63.6. The largest absolute Gasteiger partial charge is 0.474 e. The molecule has 1 rings (SSSR count). The molecule has 0 saturated carbocycles. The number of hydrogen-bond donors (Lipinski definition) is 2. The van der Waals surface area contributed by atoms with Crippen LogP contribution in [0, 0.1) is 28.6 Å². The van der Waals surface area contributed by atoms with Gasteiger partial charge in [-0.3, -0.25) is 27.1 Å². The van der Waals surface area contributed by atoms with E-state index in [2.05, 4.69) is 0 Å². The SMILES string of the molecule is [B][C@@H]1O[C@H](COP(=O)(OCCO)OCCC#N)C(OP(=O)(OC)OCCC#N)C1CC(C)(C)[Si](C)(C)O. The summed E-state index contributed by atoms with van der Waals surface area (Å²) >= 11 is 0. The van der Waals surface area contributed by atoms with Gasteiger partial charge >= 0.3 is 15.6 Å². The summed E-state index contributed by atoms with van der Waals surface area (Å²) in [6.07, 6.45) is -1.95. The molecule has 0 aromatic heterocycles. The maximum absolute atomic E-state index is 13.2. The first-order chi connectivity index (χ1) is 17.2. The third-order valence-electron chi connectivity index (χ3n) is 6.08. The highest BCUT2D eigenvalue weighted by Crippen LogP contribution is 2.56. The van der Waals surface area contributed by atoms with Crippen LogP contribution in [-0.2, 0) is 41.0 Å². The molecule has 6 atom stereocenters. The number of nitrogens with zero attached hydrogens (tertiary/aromatic N) is 2. The van der Waals surface area contributed by atoms with Crippen molar-refractivity contribution in [3.8, 4) is 12.1 Å². The summed E-state index contributed by atoms with van der Waals surface area (Å²) in [6.45, 7) is 5.60. The van der Waals surface area contributed by atoms with E-state index in [4.69, 9.17) is 55.4 Å². The third kappa shape index (κ3) is 10.8. The Balaban J connectivity index is 3.22. The van der Waals surface area contributed by atoms with Gasteiger partial charge in [0.05, 0.1) is 58.0 Å². The van der Waals surface area contributed by atoms with Gasteiger partial charge < -0.3 is 14.6 Å². The first-order valence-electron chi connectivity index (χ1n) is 11.7. The molecule has 2 radical (unpaired) electrons. The Bertz CT molecular complexity index is 893. The molecule has 0 bridgehead atoms. The summed E-state index contributed by atoms with van der Waals surface area (Å²) in [7, 11) is -3.72. The Morgan fingerprint density at radius 1 is 1.03 bits per heavy atom. The Labute approximate surface area is 221 Å². The molecule has 1 saturated heterocycles. The number of aliphatic hydroxyl groups excluding tert-OH is 1. The third-order valence-corrected chi connectivity index (χ3v) is 12.5. The number of aliphatic hydroxyl groups is 1. The fourth-order valence-corrected chi connectivity index (χ4v) is 6.37. The Morgan fingerprint density at radius 3 is 2.05 bits per heavy atom. The fraction of sp³-hybridized carbons (Fsp3) is 0.900. The van der Waals surface area contributed by atoms with E-state index in [9.17, 15) is 13.9 Å². The lowest BCUT2D eigenvalue weighted by atomic mass is 9.79. The highest BCUT2D eigenvalue weighted by atomic mass is 31.2. The van der Waals surface area contributed by atoms with Crippen molar-refractivity contribution in [1.29, 1.82) is 10.5 Å². The molecule has 210 valence electrons. The molecule has 0 aromatic rings. The van der Waals surface area contributed by atoms with Crippen molar-refractivity contribution in [3.63, 3.8) is 0 Å². The van der Waals surface area contributed by atoms with Gasteiger partial charge in [-0.1, -0.05) is 13.8 Å². The zero-order valence-electron chi connectivity index (χ0n) is 21.9. The van der Waals surface area contributed by atoms with Gasteiger partial charge in [-0.25, -0.2) is 9.13 Å². The van der Waals surface area contributed by atoms with E-state index >= 15 is 0 Å². The Kier molecular flexibility index (Phi) is 14.2. The molecule has 1 fully saturated rings. The molecule has 37 heavy (non-hydrogen) atoms. The van der Waals surface area contributed by atoms with Crippen molar-refractivity contribution in [2.75, 3.05) is 40.1 Å². The van der Waals surface area contributed by atoms with Crippen molar-refractivity contribution < 1.29 is 50.9 Å². The number of phosphoric ester groups is 2. The summed E-state index contributed by atoms with van der Waals surface area (Å²) in [5.41, 5.74) is 0. The average Bonchev–Trinajstić information content (AvgIpc) is 3.09. The second-order valence-electron chi connectivity index (χ2n) is 9.43. The van der Waals surface area contributed by atoms with Crippen molar-refractivity contribution >= 4 is 31.8 Å². The molecule has 1 aliphatic rings. The number of ether oxygens (including phenoxy) is 1. The molecule has 1 aliphatic heterocycles. The summed E-state index contributed by atoms with van der Waals surface area (Å²) in [5, 5.41) is 26.0. The van der Waals surface area contributed by atoms with Gasteiger partial charge in [-0.15, -0.1) is 0 Å². The van der Waals surface area contributed by atoms with E-state index in [0.29, 0.717) is 6.42 Å². The van der Waals surface area contributed by atoms with Crippen molar-refractivity contribution in [3.05, 3.63) is 0 Å². The van der Waals surface area contributed by atoms with Crippen molar-refractivity contribution in [2.24, 2.45) is 5.92 Å². The molecular weight excluding hydrogens is 545 g/mol. The van der Waals surface area contributed by atoms with E-state index in [1.165, 1.54) is 0 Å². The molecule has 2 N–H and O–H groups in total. The van der Waals surface area contributed by atoms with Crippen LogP contribution in [0.5, 0.6) is 0 Å². The first-order valence-corrected chi connectivity index (χ1v) is 17.5. The quantitative estimate of drug-likeness (QED) is 0.137. The van der Waals surface area contributed by atoms with Crippen LogP contribution in [0.15, 0.2) is 0 Å². The van der Waals surface area contributed by atoms with Gasteiger partial charge in [-0.2, -0.15) is 10.5 Å². The van der Waals surface area contributed by atoms with Gasteiger partial charge in [0.1, 0.15) is 20.1 Å². The van der Waals surface area contributed by atoms with Gasteiger partial charge in [0.25, 0.3) is 0 Å². The number of phosphoric acid groups is 2. The minimum absolute atomic E-state index is 0.0594. The minimum Gasteiger partial charge on any atom is -0.432 e. The Hall–Kier alpha value is -0.638. The Morgan fingerprint density at radius 2 is 1.57 bits per heavy atom. The molecule has 13 nitrogen and oxygen atoms in total. The summed E-state index contributed by atoms with van der Waals surface area (Å²) in [4.78, 5) is 10.8. The van der Waals surface area contributed by atoms with Crippen LogP contribution in [0.25, 0.3) is 0 Å². The highest BCUT2D eigenvalue weighted by molar-refractivity contribution is 7.48. The van der Waals surface area contributed by atoms with Crippen LogP contribution in [0.4, 0.5) is 0 Å². The van der Waals surface area contributed by atoms with Crippen LogP contribution in [0.3, 0.4) is 0 Å². The predicted molar refractivity (Wildman–Crippen MR) is 135 cm³/mol. The van der Waals surface area contributed by atoms with E-state index in [0.717, 1.165) is 7.11 Å². The normalized spacial score (nSPS) is 25.6. The molecule has 4 unspecified atom stereocenters. The topological polar surface area (TPSA) is 187 Å². The predicted octanol–water partition coefficient (Wildman–Crippen LogP) is 3.00. The molecule has 1 heterocycles. The zero-order chi connectivity index (χ0) is 28.3. The van der Waals surface area contributed by atoms with Gasteiger partial charge in [0.2, 0.25) is 0 Å². The van der Waals surface area contributed by atoms with Crippen LogP contribution >= 0.6 is 15.6 Å². The van der Waals surface area contributed by atoms with Crippen LogP contribution < -0.4 is 0 Å². The number of hydrogen-bond acceptors (Lipinski definition) is 13. The summed E-state index contributed by atoms with van der Waals surface area (Å²) in [5.74, 6) is -0.622. The summed E-state index contributed by atoms with van der Waals surface area (Å²) in [6, 6.07) is 2.75. The van der Waals surface area contributed by atoms with Crippen LogP contribution in [0.2, 0.25) is 18.1 Å². The maximum Gasteiger partial charge on any atom is 0.474 e. The molecule has 17 heteroatoms. The number of nitriles is 2. The molecule has 0 amide bonds. The molecule has 0 aliphatic carbocycles. The second-order valence-corrected chi connectivity index (χ2v) is 17.3. The number of rotatable bonds is 18. The van der Waals surface area contributed by atoms with Crippen molar-refractivity contribution in [1.82, 2.24) is 0 Å². The lowest BCUT2D eigenvalue weighted by molar-refractivity contribution is -0.0166. The van der Waals surface area contributed by atoms with Gasteiger partial charge in [0, 0.05) is 19.0 Å². The van der Waals surface area contributed by atoms with E-state index in [1.54, 1.807) is 13.1 Å². The highest BCUT2D eigenvalue weighted by Gasteiger charge is 2.51. The lowest BCUT2D eigenvalue weighted by Crippen LogP contribution is -2.43. The smallest absolute Gasteiger partial charge is 0.432 e. The van der Waals surface area contributed by atoms with E-state index in [1.807, 2.05) is 26.0 Å². The first kappa shape index (κ1) is 34.4.